The predicted octanol–water partition coefficient (Wildman–Crippen LogP) is -6.76. The number of rotatable bonds is 10. The van der Waals surface area contributed by atoms with Gasteiger partial charge in [-0.15, -0.1) is 0 Å². The number of hydrogen-bond acceptors (Lipinski definition) is 12. The molecule has 0 aromatic rings. The average molecular weight is 360 g/mol. The number of aldehydes is 2. The van der Waals surface area contributed by atoms with Crippen LogP contribution in [0.4, 0.5) is 0 Å². The van der Waals surface area contributed by atoms with Crippen LogP contribution in [0.1, 0.15) is 0 Å². The summed E-state index contributed by atoms with van der Waals surface area (Å²) >= 11 is 0. The van der Waals surface area contributed by atoms with Crippen LogP contribution in [0.3, 0.4) is 0 Å². The summed E-state index contributed by atoms with van der Waals surface area (Å²) in [5.74, 6) is 0. The third-order valence-electron chi connectivity index (χ3n) is 2.84. The zero-order valence-corrected chi connectivity index (χ0v) is 12.5. The quantitative estimate of drug-likeness (QED) is 0.164. The molecule has 8 atom stereocenters. The number of carbonyl (C=O) groups excluding carboxylic acids is 2. The van der Waals surface area contributed by atoms with Gasteiger partial charge in [-0.05, 0) is 0 Å². The molecule has 24 heavy (non-hydrogen) atoms. The van der Waals surface area contributed by atoms with Crippen LogP contribution in [0.5, 0.6) is 0 Å². The largest absolute Gasteiger partial charge is 0.394 e. The zero-order valence-electron chi connectivity index (χ0n) is 12.5. The first-order valence-corrected chi connectivity index (χ1v) is 6.65. The summed E-state index contributed by atoms with van der Waals surface area (Å²) < 4.78 is 0. The Morgan fingerprint density at radius 2 is 0.792 bits per heavy atom. The fourth-order valence-electron chi connectivity index (χ4n) is 1.24. The number of aliphatic hydroxyl groups excluding tert-OH is 10. The van der Waals surface area contributed by atoms with Crippen LogP contribution in [0.2, 0.25) is 0 Å². The first-order valence-electron chi connectivity index (χ1n) is 6.65. The highest BCUT2D eigenvalue weighted by Crippen LogP contribution is 2.03. The van der Waals surface area contributed by atoms with Crippen molar-refractivity contribution in [3.63, 3.8) is 0 Å². The Balaban J connectivity index is 0. The first-order chi connectivity index (χ1) is 11.1. The molecule has 0 saturated carbocycles. The second kappa shape index (κ2) is 13.3. The van der Waals surface area contributed by atoms with Crippen molar-refractivity contribution in [2.75, 3.05) is 13.2 Å². The van der Waals surface area contributed by atoms with Crippen LogP contribution < -0.4 is 0 Å². The Hall–Kier alpha value is -1.06. The highest BCUT2D eigenvalue weighted by Gasteiger charge is 2.30. The van der Waals surface area contributed by atoms with E-state index in [9.17, 15) is 9.59 Å². The summed E-state index contributed by atoms with van der Waals surface area (Å²) in [5.41, 5.74) is 0. The van der Waals surface area contributed by atoms with E-state index in [1.807, 2.05) is 0 Å². The minimum Gasteiger partial charge on any atom is -0.394 e. The minimum absolute atomic E-state index is 0.0258. The van der Waals surface area contributed by atoms with E-state index >= 15 is 0 Å². The molecule has 0 aliphatic heterocycles. The maximum Gasteiger partial charge on any atom is 0.151 e. The molecule has 0 heterocycles. The van der Waals surface area contributed by atoms with Crippen molar-refractivity contribution in [3.8, 4) is 0 Å². The van der Waals surface area contributed by atoms with Crippen molar-refractivity contribution in [3.05, 3.63) is 0 Å². The maximum atomic E-state index is 9.90. The Morgan fingerprint density at radius 3 is 0.958 bits per heavy atom. The van der Waals surface area contributed by atoms with Gasteiger partial charge in [0.2, 0.25) is 0 Å². The van der Waals surface area contributed by atoms with E-state index in [2.05, 4.69) is 0 Å². The van der Waals surface area contributed by atoms with Crippen LogP contribution in [-0.4, -0.2) is 126 Å². The second-order valence-electron chi connectivity index (χ2n) is 4.72. The Bertz CT molecular complexity index is 308. The third kappa shape index (κ3) is 8.70. The van der Waals surface area contributed by atoms with Crippen molar-refractivity contribution >= 4 is 12.6 Å². The van der Waals surface area contributed by atoms with E-state index in [1.165, 1.54) is 0 Å². The molecule has 0 spiro atoms. The van der Waals surface area contributed by atoms with Crippen molar-refractivity contribution in [1.29, 1.82) is 0 Å². The van der Waals surface area contributed by atoms with Gasteiger partial charge in [-0.25, -0.2) is 0 Å². The summed E-state index contributed by atoms with van der Waals surface area (Å²) in [7, 11) is 0. The van der Waals surface area contributed by atoms with Gasteiger partial charge in [0, 0.05) is 0 Å². The molecule has 12 heteroatoms. The van der Waals surface area contributed by atoms with Gasteiger partial charge in [0.1, 0.15) is 48.8 Å². The number of carbonyl (C=O) groups is 2. The fourth-order valence-corrected chi connectivity index (χ4v) is 1.24. The maximum absolute atomic E-state index is 9.90. The number of aliphatic hydroxyl groups is 10. The lowest BCUT2D eigenvalue weighted by Crippen LogP contribution is -2.46. The van der Waals surface area contributed by atoms with Crippen LogP contribution in [-0.2, 0) is 9.59 Å². The van der Waals surface area contributed by atoms with Gasteiger partial charge in [-0.1, -0.05) is 0 Å². The molecule has 0 radical (unpaired) electrons. The molecule has 0 fully saturated rings. The summed E-state index contributed by atoms with van der Waals surface area (Å²) in [5, 5.41) is 87.1. The average Bonchev–Trinajstić information content (AvgIpc) is 2.62. The standard InChI is InChI=1S/2C6H12O6/c2*7-1-3(9)5(11)6(12)4(10)2-8/h2*1,3-6,8-12H,2H2/t3-,4+,5+,6-;3-,4-,5-,6-/m01/s1. The molecule has 0 aliphatic carbocycles. The molecule has 0 rings (SSSR count). The summed E-state index contributed by atoms with van der Waals surface area (Å²) in [4.78, 5) is 19.8. The highest BCUT2D eigenvalue weighted by molar-refractivity contribution is 5.57. The van der Waals surface area contributed by atoms with Crippen molar-refractivity contribution in [2.45, 2.75) is 48.8 Å². The fraction of sp³-hybridized carbons (Fsp3) is 0.833. The van der Waals surface area contributed by atoms with E-state index in [0.717, 1.165) is 0 Å². The Morgan fingerprint density at radius 1 is 0.542 bits per heavy atom. The van der Waals surface area contributed by atoms with Gasteiger partial charge < -0.3 is 60.7 Å². The van der Waals surface area contributed by atoms with Gasteiger partial charge in [0.05, 0.1) is 13.2 Å². The number of hydrogen-bond donors (Lipinski definition) is 10. The van der Waals surface area contributed by atoms with E-state index < -0.39 is 62.0 Å². The molecule has 0 aromatic carbocycles. The third-order valence-corrected chi connectivity index (χ3v) is 2.84. The lowest BCUT2D eigenvalue weighted by atomic mass is 10.0. The van der Waals surface area contributed by atoms with Crippen LogP contribution in [0, 0.1) is 0 Å². The molecule has 0 bridgehead atoms. The highest BCUT2D eigenvalue weighted by atomic mass is 16.4. The van der Waals surface area contributed by atoms with Crippen LogP contribution in [0.15, 0.2) is 0 Å². The van der Waals surface area contributed by atoms with Crippen molar-refractivity contribution in [2.24, 2.45) is 0 Å². The van der Waals surface area contributed by atoms with E-state index in [0.29, 0.717) is 0 Å². The minimum atomic E-state index is -1.79. The molecule has 144 valence electrons. The van der Waals surface area contributed by atoms with Gasteiger partial charge in [-0.3, -0.25) is 0 Å². The van der Waals surface area contributed by atoms with E-state index in [4.69, 9.17) is 51.1 Å². The topological polar surface area (TPSA) is 236 Å². The smallest absolute Gasteiger partial charge is 0.151 e. The zero-order chi connectivity index (χ0) is 19.4. The molecular weight excluding hydrogens is 336 g/mol. The molecule has 0 aromatic heterocycles. The molecule has 10 N–H and O–H groups in total. The van der Waals surface area contributed by atoms with Crippen LogP contribution in [0.25, 0.3) is 0 Å². The second-order valence-corrected chi connectivity index (χ2v) is 4.72. The van der Waals surface area contributed by atoms with Crippen molar-refractivity contribution in [1.82, 2.24) is 0 Å². The lowest BCUT2D eigenvalue weighted by Gasteiger charge is -2.22. The van der Waals surface area contributed by atoms with Gasteiger partial charge in [0.15, 0.2) is 12.6 Å². The molecule has 12 nitrogen and oxygen atoms in total. The van der Waals surface area contributed by atoms with E-state index in [1.54, 1.807) is 0 Å². The molecule has 0 unspecified atom stereocenters. The normalized spacial score (nSPS) is 21.1. The van der Waals surface area contributed by atoms with E-state index in [-0.39, 0.29) is 12.6 Å². The summed E-state index contributed by atoms with van der Waals surface area (Å²) in [6.07, 6.45) is -13.7. The summed E-state index contributed by atoms with van der Waals surface area (Å²) in [6, 6.07) is 0. The van der Waals surface area contributed by atoms with Crippen molar-refractivity contribution < 1.29 is 60.7 Å². The van der Waals surface area contributed by atoms with Gasteiger partial charge >= 0.3 is 0 Å². The lowest BCUT2D eigenvalue weighted by molar-refractivity contribution is -0.136. The Labute approximate surface area is 136 Å². The molecular formula is C12H24O12. The predicted molar refractivity (Wildman–Crippen MR) is 74.4 cm³/mol. The monoisotopic (exact) mass is 360 g/mol. The summed E-state index contributed by atoms with van der Waals surface area (Å²) in [6.45, 7) is -1.52. The van der Waals surface area contributed by atoms with Crippen LogP contribution >= 0.6 is 0 Å². The SMILES string of the molecule is O=C[C@@H](O)[C@@H](O)[C@H](O)[C@H](O)CO.O=C[C@H](O)[C@@H](O)[C@@H](O)[C@H](O)CO. The first kappa shape index (κ1) is 25.2. The Kier molecular flexibility index (Phi) is 13.9. The molecule has 0 aliphatic rings. The van der Waals surface area contributed by atoms with Gasteiger partial charge in [0.25, 0.3) is 0 Å². The molecule has 0 amide bonds. The molecule has 0 saturated heterocycles. The van der Waals surface area contributed by atoms with Gasteiger partial charge in [-0.2, -0.15) is 0 Å².